The Labute approximate surface area is 230 Å². The topological polar surface area (TPSA) is 82.7 Å². The van der Waals surface area contributed by atoms with E-state index in [2.05, 4.69) is 49.6 Å². The second-order valence-corrected chi connectivity index (χ2v) is 11.1. The normalized spacial score (nSPS) is 24.6. The number of nitrogens with zero attached hydrogens (tertiary/aromatic N) is 3. The molecule has 3 atom stereocenters. The van der Waals surface area contributed by atoms with Gasteiger partial charge in [-0.2, -0.15) is 5.10 Å². The van der Waals surface area contributed by atoms with Crippen molar-refractivity contribution in [1.29, 1.82) is 0 Å². The van der Waals surface area contributed by atoms with Gasteiger partial charge in [-0.1, -0.05) is 36.4 Å². The van der Waals surface area contributed by atoms with Gasteiger partial charge >= 0.3 is 0 Å². The quantitative estimate of drug-likeness (QED) is 0.521. The lowest BCUT2D eigenvalue weighted by Gasteiger charge is -2.25. The van der Waals surface area contributed by atoms with Crippen molar-refractivity contribution in [1.82, 2.24) is 25.3 Å². The number of carbonyl (C=O) groups excluding carboxylic acids is 1. The molecular weight excluding hydrogens is 490 g/mol. The van der Waals surface area contributed by atoms with Gasteiger partial charge in [-0.15, -0.1) is 0 Å². The molecule has 0 aliphatic carbocycles. The van der Waals surface area contributed by atoms with Crippen LogP contribution in [0.4, 0.5) is 0 Å². The number of ether oxygens (including phenoxy) is 2. The van der Waals surface area contributed by atoms with Gasteiger partial charge in [-0.05, 0) is 74.4 Å². The molecule has 8 heteroatoms. The minimum Gasteiger partial charge on any atom is -0.493 e. The van der Waals surface area contributed by atoms with Crippen LogP contribution in [0, 0.1) is 5.92 Å². The van der Waals surface area contributed by atoms with E-state index in [1.807, 2.05) is 30.5 Å². The van der Waals surface area contributed by atoms with Gasteiger partial charge in [0.1, 0.15) is 0 Å². The van der Waals surface area contributed by atoms with Gasteiger partial charge in [0, 0.05) is 30.7 Å². The van der Waals surface area contributed by atoms with Crippen molar-refractivity contribution in [3.8, 4) is 22.8 Å². The third-order valence-corrected chi connectivity index (χ3v) is 8.61. The Kier molecular flexibility index (Phi) is 7.83. The smallest absolute Gasteiger partial charge is 0.234 e. The van der Waals surface area contributed by atoms with Crippen molar-refractivity contribution in [2.45, 2.75) is 50.7 Å². The number of amides is 1. The lowest BCUT2D eigenvalue weighted by atomic mass is 9.94. The van der Waals surface area contributed by atoms with Crippen LogP contribution in [0.5, 0.6) is 11.5 Å². The molecule has 206 valence electrons. The number of H-pyrrole nitrogens is 1. The van der Waals surface area contributed by atoms with Crippen molar-refractivity contribution < 1.29 is 14.3 Å². The number of benzene rings is 2. The van der Waals surface area contributed by atoms with E-state index in [1.54, 1.807) is 7.11 Å². The summed E-state index contributed by atoms with van der Waals surface area (Å²) in [6.45, 7) is 4.29. The maximum Gasteiger partial charge on any atom is 0.234 e. The average molecular weight is 530 g/mol. The standard InChI is InChI=1S/C31H39N5O3/c1-38-28-12-11-23-17-29(28)39-15-6-5-13-35(20-25-19-33-34-31(25)22-8-3-2-4-9-22)21-30(37)32-18-24-16-27(23)36-14-7-10-26(24)36/h2-4,8-9,11-12,17,19,24,26-27H,5-7,10,13-16,18,20-21H2,1H3,(H,32,37)(H,33,34)/t24-,26+,27-/m1/s1. The summed E-state index contributed by atoms with van der Waals surface area (Å²) < 4.78 is 11.9. The maximum absolute atomic E-state index is 13.2. The van der Waals surface area contributed by atoms with Crippen LogP contribution >= 0.6 is 0 Å². The summed E-state index contributed by atoms with van der Waals surface area (Å²) in [5.74, 6) is 2.17. The maximum atomic E-state index is 13.2. The third kappa shape index (κ3) is 5.68. The van der Waals surface area contributed by atoms with E-state index in [1.165, 1.54) is 18.4 Å². The molecule has 2 saturated heterocycles. The van der Waals surface area contributed by atoms with Crippen molar-refractivity contribution in [3.63, 3.8) is 0 Å². The molecule has 0 saturated carbocycles. The van der Waals surface area contributed by atoms with Gasteiger partial charge in [0.2, 0.25) is 5.91 Å². The first-order valence-corrected chi connectivity index (χ1v) is 14.3. The van der Waals surface area contributed by atoms with E-state index in [0.717, 1.165) is 67.2 Å². The number of methoxy groups -OCH3 is 1. The van der Waals surface area contributed by atoms with Crippen LogP contribution < -0.4 is 14.8 Å². The Bertz CT molecular complexity index is 1260. The first-order chi connectivity index (χ1) is 19.2. The fraction of sp³-hybridized carbons (Fsp3) is 0.484. The lowest BCUT2D eigenvalue weighted by Crippen LogP contribution is -2.41. The molecule has 2 N–H and O–H groups in total. The van der Waals surface area contributed by atoms with E-state index in [4.69, 9.17) is 9.47 Å². The molecule has 0 unspecified atom stereocenters. The number of fused-ring (bicyclic) bond motifs is 8. The summed E-state index contributed by atoms with van der Waals surface area (Å²) in [5, 5.41) is 10.8. The summed E-state index contributed by atoms with van der Waals surface area (Å²) >= 11 is 0. The van der Waals surface area contributed by atoms with E-state index in [-0.39, 0.29) is 5.91 Å². The first kappa shape index (κ1) is 25.9. The number of hydrogen-bond acceptors (Lipinski definition) is 6. The fourth-order valence-corrected chi connectivity index (χ4v) is 6.71. The highest BCUT2D eigenvalue weighted by molar-refractivity contribution is 5.78. The van der Waals surface area contributed by atoms with Crippen LogP contribution in [0.1, 0.15) is 49.3 Å². The molecule has 4 bridgehead atoms. The molecule has 3 aromatic rings. The van der Waals surface area contributed by atoms with Gasteiger partial charge in [-0.3, -0.25) is 19.7 Å². The molecule has 6 rings (SSSR count). The fourth-order valence-electron chi connectivity index (χ4n) is 6.71. The van der Waals surface area contributed by atoms with E-state index < -0.39 is 0 Å². The molecule has 1 amide bonds. The molecule has 2 fully saturated rings. The molecule has 1 aromatic heterocycles. The SMILES string of the molecule is COc1ccc2cc1OCCCCN(Cc1cn[nH]c1-c1ccccc1)CC(=O)NC[C@H]1C[C@H]2N2CCC[C@@H]12. The third-order valence-electron chi connectivity index (χ3n) is 8.61. The summed E-state index contributed by atoms with van der Waals surface area (Å²) in [4.78, 5) is 18.1. The van der Waals surface area contributed by atoms with Crippen molar-refractivity contribution >= 4 is 5.91 Å². The van der Waals surface area contributed by atoms with Gasteiger partial charge in [-0.25, -0.2) is 0 Å². The zero-order valence-electron chi connectivity index (χ0n) is 22.8. The summed E-state index contributed by atoms with van der Waals surface area (Å²) in [7, 11) is 1.70. The highest BCUT2D eigenvalue weighted by atomic mass is 16.5. The number of aromatic amines is 1. The van der Waals surface area contributed by atoms with E-state index >= 15 is 0 Å². The molecule has 3 aliphatic rings. The molecule has 4 heterocycles. The van der Waals surface area contributed by atoms with Gasteiger partial charge in [0.05, 0.1) is 32.2 Å². The second-order valence-electron chi connectivity index (χ2n) is 11.1. The van der Waals surface area contributed by atoms with Gasteiger partial charge in [0.25, 0.3) is 0 Å². The van der Waals surface area contributed by atoms with Crippen LogP contribution in [0.3, 0.4) is 0 Å². The van der Waals surface area contributed by atoms with Crippen molar-refractivity contribution in [2.75, 3.05) is 39.9 Å². The summed E-state index contributed by atoms with van der Waals surface area (Å²) in [5.41, 5.74) is 4.50. The molecular formula is C31H39N5O3. The average Bonchev–Trinajstić information content (AvgIpc) is 3.69. The van der Waals surface area contributed by atoms with Crippen LogP contribution in [-0.4, -0.2) is 71.8 Å². The molecule has 39 heavy (non-hydrogen) atoms. The number of hydrogen-bond donors (Lipinski definition) is 2. The minimum atomic E-state index is 0.0998. The number of carbonyl (C=O) groups is 1. The molecule has 2 aromatic carbocycles. The Morgan fingerprint density at radius 1 is 1.10 bits per heavy atom. The lowest BCUT2D eigenvalue weighted by molar-refractivity contribution is -0.122. The Morgan fingerprint density at radius 3 is 2.87 bits per heavy atom. The van der Waals surface area contributed by atoms with Crippen LogP contribution in [-0.2, 0) is 11.3 Å². The first-order valence-electron chi connectivity index (χ1n) is 14.3. The number of nitrogens with one attached hydrogen (secondary N) is 2. The molecule has 0 spiro atoms. The number of aromatic nitrogens is 2. The van der Waals surface area contributed by atoms with Crippen molar-refractivity contribution in [3.05, 3.63) is 65.9 Å². The highest BCUT2D eigenvalue weighted by Crippen LogP contribution is 2.46. The predicted molar refractivity (Wildman–Crippen MR) is 151 cm³/mol. The Balaban J connectivity index is 1.21. The Morgan fingerprint density at radius 2 is 2.00 bits per heavy atom. The largest absolute Gasteiger partial charge is 0.493 e. The summed E-state index contributed by atoms with van der Waals surface area (Å²) in [6.07, 6.45) is 7.17. The monoisotopic (exact) mass is 529 g/mol. The van der Waals surface area contributed by atoms with E-state index in [9.17, 15) is 4.79 Å². The zero-order valence-corrected chi connectivity index (χ0v) is 22.8. The molecule has 8 nitrogen and oxygen atoms in total. The van der Waals surface area contributed by atoms with E-state index in [0.29, 0.717) is 37.7 Å². The van der Waals surface area contributed by atoms with Crippen molar-refractivity contribution in [2.24, 2.45) is 5.92 Å². The molecule has 0 radical (unpaired) electrons. The summed E-state index contributed by atoms with van der Waals surface area (Å²) in [6, 6.07) is 17.5. The molecule has 3 aliphatic heterocycles. The van der Waals surface area contributed by atoms with Gasteiger partial charge in [0.15, 0.2) is 11.5 Å². The van der Waals surface area contributed by atoms with Crippen LogP contribution in [0.15, 0.2) is 54.7 Å². The Hall–Kier alpha value is -3.36. The zero-order chi connectivity index (χ0) is 26.6. The predicted octanol–water partition coefficient (Wildman–Crippen LogP) is 4.40. The highest BCUT2D eigenvalue weighted by Gasteiger charge is 2.44. The minimum absolute atomic E-state index is 0.0998. The second kappa shape index (κ2) is 11.8. The van der Waals surface area contributed by atoms with Crippen LogP contribution in [0.25, 0.3) is 11.3 Å². The number of rotatable bonds is 4. The van der Waals surface area contributed by atoms with Crippen LogP contribution in [0.2, 0.25) is 0 Å². The van der Waals surface area contributed by atoms with Gasteiger partial charge < -0.3 is 14.8 Å².